The van der Waals surface area contributed by atoms with Crippen molar-refractivity contribution in [2.24, 2.45) is 5.92 Å². The van der Waals surface area contributed by atoms with E-state index in [2.05, 4.69) is 42.7 Å². The van der Waals surface area contributed by atoms with Crippen LogP contribution in [-0.2, 0) is 0 Å². The van der Waals surface area contributed by atoms with Crippen LogP contribution in [-0.4, -0.2) is 19.6 Å². The lowest BCUT2D eigenvalue weighted by Gasteiger charge is -2.11. The molecule has 1 unspecified atom stereocenters. The maximum atomic E-state index is 3.51. The molecule has 2 nitrogen and oxygen atoms in total. The second-order valence-corrected chi connectivity index (χ2v) is 4.87. The van der Waals surface area contributed by atoms with Crippen molar-refractivity contribution in [1.82, 2.24) is 5.32 Å². The first kappa shape index (κ1) is 11.5. The number of hydrogen-bond donors (Lipinski definition) is 2. The number of nitrogens with one attached hydrogen (secondary N) is 2. The Morgan fingerprint density at radius 3 is 2.88 bits per heavy atom. The van der Waals surface area contributed by atoms with Gasteiger partial charge in [-0.05, 0) is 69.0 Å². The van der Waals surface area contributed by atoms with Crippen LogP contribution in [0.1, 0.15) is 24.0 Å². The molecule has 1 saturated heterocycles. The van der Waals surface area contributed by atoms with Crippen molar-refractivity contribution in [3.8, 4) is 0 Å². The van der Waals surface area contributed by atoms with Crippen LogP contribution in [0.2, 0.25) is 0 Å². The van der Waals surface area contributed by atoms with E-state index in [1.165, 1.54) is 42.7 Å². The molecule has 0 radical (unpaired) electrons. The molecule has 0 amide bonds. The first-order valence-electron chi connectivity index (χ1n) is 6.27. The summed E-state index contributed by atoms with van der Waals surface area (Å²) in [5.41, 5.74) is 3.99. The SMILES string of the molecule is Cc1ccc(NCCC2CCNC2)cc1C. The van der Waals surface area contributed by atoms with Crippen molar-refractivity contribution in [3.05, 3.63) is 29.3 Å². The summed E-state index contributed by atoms with van der Waals surface area (Å²) in [5.74, 6) is 0.874. The molecule has 1 aliphatic rings. The van der Waals surface area contributed by atoms with Gasteiger partial charge in [0, 0.05) is 12.2 Å². The topological polar surface area (TPSA) is 24.1 Å². The van der Waals surface area contributed by atoms with Crippen LogP contribution in [0.25, 0.3) is 0 Å². The largest absolute Gasteiger partial charge is 0.385 e. The molecule has 2 N–H and O–H groups in total. The van der Waals surface area contributed by atoms with Crippen LogP contribution in [0, 0.1) is 19.8 Å². The molecule has 16 heavy (non-hydrogen) atoms. The van der Waals surface area contributed by atoms with E-state index in [4.69, 9.17) is 0 Å². The van der Waals surface area contributed by atoms with E-state index in [0.717, 1.165) is 12.5 Å². The first-order chi connectivity index (χ1) is 7.75. The van der Waals surface area contributed by atoms with Gasteiger partial charge in [-0.25, -0.2) is 0 Å². The van der Waals surface area contributed by atoms with Crippen LogP contribution in [0.3, 0.4) is 0 Å². The highest BCUT2D eigenvalue weighted by molar-refractivity contribution is 5.47. The smallest absolute Gasteiger partial charge is 0.0342 e. The van der Waals surface area contributed by atoms with Crippen molar-refractivity contribution >= 4 is 5.69 Å². The standard InChI is InChI=1S/C14H22N2/c1-11-3-4-14(9-12(11)2)16-8-6-13-5-7-15-10-13/h3-4,9,13,15-16H,5-8,10H2,1-2H3. The van der Waals surface area contributed by atoms with Gasteiger partial charge in [-0.1, -0.05) is 6.07 Å². The fourth-order valence-electron chi connectivity index (χ4n) is 2.23. The summed E-state index contributed by atoms with van der Waals surface area (Å²) >= 11 is 0. The Labute approximate surface area is 98.4 Å². The van der Waals surface area contributed by atoms with Crippen LogP contribution in [0.4, 0.5) is 5.69 Å². The van der Waals surface area contributed by atoms with Crippen molar-refractivity contribution in [3.63, 3.8) is 0 Å². The average molecular weight is 218 g/mol. The normalized spacial score (nSPS) is 20.0. The lowest BCUT2D eigenvalue weighted by Crippen LogP contribution is -2.12. The minimum absolute atomic E-state index is 0.874. The van der Waals surface area contributed by atoms with Gasteiger partial charge in [0.2, 0.25) is 0 Å². The van der Waals surface area contributed by atoms with E-state index in [1.54, 1.807) is 0 Å². The Kier molecular flexibility index (Phi) is 3.83. The van der Waals surface area contributed by atoms with Crippen LogP contribution in [0.5, 0.6) is 0 Å². The summed E-state index contributed by atoms with van der Waals surface area (Å²) in [6, 6.07) is 6.60. The highest BCUT2D eigenvalue weighted by atomic mass is 14.9. The molecule has 1 aromatic carbocycles. The van der Waals surface area contributed by atoms with Crippen LogP contribution in [0.15, 0.2) is 18.2 Å². The van der Waals surface area contributed by atoms with Gasteiger partial charge in [0.25, 0.3) is 0 Å². The van der Waals surface area contributed by atoms with Crippen LogP contribution >= 0.6 is 0 Å². The van der Waals surface area contributed by atoms with Gasteiger partial charge in [0.15, 0.2) is 0 Å². The molecule has 1 aromatic rings. The number of hydrogen-bond acceptors (Lipinski definition) is 2. The Morgan fingerprint density at radius 1 is 1.31 bits per heavy atom. The Balaban J connectivity index is 1.78. The lowest BCUT2D eigenvalue weighted by atomic mass is 10.0. The Bertz CT molecular complexity index is 341. The second-order valence-electron chi connectivity index (χ2n) is 4.87. The van der Waals surface area contributed by atoms with E-state index in [1.807, 2.05) is 0 Å². The summed E-state index contributed by atoms with van der Waals surface area (Å²) in [6.07, 6.45) is 2.62. The Morgan fingerprint density at radius 2 is 2.19 bits per heavy atom. The third-order valence-corrected chi connectivity index (χ3v) is 3.55. The van der Waals surface area contributed by atoms with Gasteiger partial charge < -0.3 is 10.6 Å². The monoisotopic (exact) mass is 218 g/mol. The van der Waals surface area contributed by atoms with Crippen molar-refractivity contribution < 1.29 is 0 Å². The van der Waals surface area contributed by atoms with Gasteiger partial charge in [0.05, 0.1) is 0 Å². The highest BCUT2D eigenvalue weighted by Gasteiger charge is 2.13. The minimum atomic E-state index is 0.874. The molecule has 1 heterocycles. The molecule has 88 valence electrons. The molecular weight excluding hydrogens is 196 g/mol. The lowest BCUT2D eigenvalue weighted by molar-refractivity contribution is 0.549. The van der Waals surface area contributed by atoms with Gasteiger partial charge >= 0.3 is 0 Å². The molecule has 1 fully saturated rings. The fourth-order valence-corrected chi connectivity index (χ4v) is 2.23. The molecule has 2 rings (SSSR count). The third kappa shape index (κ3) is 2.99. The molecule has 2 heteroatoms. The fraction of sp³-hybridized carbons (Fsp3) is 0.571. The minimum Gasteiger partial charge on any atom is -0.385 e. The number of rotatable bonds is 4. The van der Waals surface area contributed by atoms with Crippen LogP contribution < -0.4 is 10.6 Å². The zero-order valence-corrected chi connectivity index (χ0v) is 10.3. The summed E-state index contributed by atoms with van der Waals surface area (Å²) in [6.45, 7) is 7.82. The van der Waals surface area contributed by atoms with E-state index in [0.29, 0.717) is 0 Å². The van der Waals surface area contributed by atoms with E-state index in [9.17, 15) is 0 Å². The zero-order chi connectivity index (χ0) is 11.4. The van der Waals surface area contributed by atoms with Gasteiger partial charge in [-0.15, -0.1) is 0 Å². The third-order valence-electron chi connectivity index (χ3n) is 3.55. The van der Waals surface area contributed by atoms with E-state index >= 15 is 0 Å². The number of benzene rings is 1. The van der Waals surface area contributed by atoms with Crippen molar-refractivity contribution in [2.75, 3.05) is 25.0 Å². The molecule has 0 aromatic heterocycles. The van der Waals surface area contributed by atoms with E-state index in [-0.39, 0.29) is 0 Å². The Hall–Kier alpha value is -1.02. The quantitative estimate of drug-likeness (QED) is 0.812. The molecule has 1 atom stereocenters. The number of anilines is 1. The predicted octanol–water partition coefficient (Wildman–Crippen LogP) is 2.71. The molecule has 0 spiro atoms. The summed E-state index contributed by atoms with van der Waals surface area (Å²) in [5, 5.41) is 6.92. The zero-order valence-electron chi connectivity index (χ0n) is 10.3. The van der Waals surface area contributed by atoms with Gasteiger partial charge in [-0.2, -0.15) is 0 Å². The van der Waals surface area contributed by atoms with Gasteiger partial charge in [-0.3, -0.25) is 0 Å². The van der Waals surface area contributed by atoms with Crippen molar-refractivity contribution in [2.45, 2.75) is 26.7 Å². The maximum Gasteiger partial charge on any atom is 0.0342 e. The average Bonchev–Trinajstić information content (AvgIpc) is 2.76. The number of aryl methyl sites for hydroxylation is 2. The summed E-state index contributed by atoms with van der Waals surface area (Å²) in [4.78, 5) is 0. The molecule has 0 bridgehead atoms. The molecule has 1 aliphatic heterocycles. The van der Waals surface area contributed by atoms with Crippen molar-refractivity contribution in [1.29, 1.82) is 0 Å². The highest BCUT2D eigenvalue weighted by Crippen LogP contribution is 2.16. The second kappa shape index (κ2) is 5.35. The predicted molar refractivity (Wildman–Crippen MR) is 70.0 cm³/mol. The summed E-state index contributed by atoms with van der Waals surface area (Å²) in [7, 11) is 0. The molecular formula is C14H22N2. The first-order valence-corrected chi connectivity index (χ1v) is 6.27. The van der Waals surface area contributed by atoms with Gasteiger partial charge in [0.1, 0.15) is 0 Å². The summed E-state index contributed by atoms with van der Waals surface area (Å²) < 4.78 is 0. The van der Waals surface area contributed by atoms with E-state index < -0.39 is 0 Å². The molecule has 0 saturated carbocycles. The maximum absolute atomic E-state index is 3.51. The molecule has 0 aliphatic carbocycles.